The summed E-state index contributed by atoms with van der Waals surface area (Å²) in [6.07, 6.45) is 6.35. The fourth-order valence-corrected chi connectivity index (χ4v) is 2.93. The first kappa shape index (κ1) is 12.8. The van der Waals surface area contributed by atoms with Gasteiger partial charge in [-0.15, -0.1) is 0 Å². The average molecular weight is 286 g/mol. The molecule has 3 N–H and O–H groups in total. The summed E-state index contributed by atoms with van der Waals surface area (Å²) in [6, 6.07) is 5.59. The Morgan fingerprint density at radius 1 is 1.33 bits per heavy atom. The number of hydrogen-bond acceptors (Lipinski definition) is 4. The van der Waals surface area contributed by atoms with E-state index in [1.807, 2.05) is 10.7 Å². The molecule has 2 aromatic rings. The van der Waals surface area contributed by atoms with E-state index in [1.54, 1.807) is 6.07 Å². The smallest absolute Gasteiger partial charge is 0.248 e. The van der Waals surface area contributed by atoms with Crippen LogP contribution >= 0.6 is 0 Å². The topological polar surface area (TPSA) is 85.9 Å². The summed E-state index contributed by atoms with van der Waals surface area (Å²) in [4.78, 5) is 19.3. The molecule has 6 heteroatoms. The second-order valence-corrected chi connectivity index (χ2v) is 5.99. The van der Waals surface area contributed by atoms with Crippen molar-refractivity contribution in [2.75, 3.05) is 0 Å². The molecule has 6 nitrogen and oxygen atoms in total. The van der Waals surface area contributed by atoms with Crippen LogP contribution in [0.3, 0.4) is 0 Å². The Balaban J connectivity index is 1.69. The van der Waals surface area contributed by atoms with Gasteiger partial charge in [-0.1, -0.05) is 6.07 Å². The van der Waals surface area contributed by atoms with Crippen molar-refractivity contribution in [3.05, 3.63) is 40.4 Å². The molecule has 110 valence electrons. The van der Waals surface area contributed by atoms with Gasteiger partial charge >= 0.3 is 0 Å². The van der Waals surface area contributed by atoms with Crippen LogP contribution in [0.4, 0.5) is 0 Å². The van der Waals surface area contributed by atoms with Crippen molar-refractivity contribution in [1.29, 1.82) is 0 Å². The number of nitrogens with two attached hydrogens (primary N) is 1. The number of rotatable bonds is 4. The highest BCUT2D eigenvalue weighted by atomic mass is 16.6. The monoisotopic (exact) mass is 286 g/mol. The van der Waals surface area contributed by atoms with E-state index in [1.165, 1.54) is 18.9 Å². The van der Waals surface area contributed by atoms with Crippen molar-refractivity contribution in [3.8, 4) is 11.3 Å². The van der Waals surface area contributed by atoms with Gasteiger partial charge in [0, 0.05) is 23.7 Å². The second kappa shape index (κ2) is 4.82. The van der Waals surface area contributed by atoms with Gasteiger partial charge in [0.05, 0.1) is 23.5 Å². The maximum atomic E-state index is 11.5. The number of H-pyrrole nitrogens is 1. The molecule has 0 saturated heterocycles. The molecule has 2 saturated carbocycles. The summed E-state index contributed by atoms with van der Waals surface area (Å²) in [5.74, 6) is 5.74. The fourth-order valence-electron chi connectivity index (χ4n) is 2.93. The van der Waals surface area contributed by atoms with E-state index in [2.05, 4.69) is 11.2 Å². The van der Waals surface area contributed by atoms with Crippen molar-refractivity contribution in [1.82, 2.24) is 14.8 Å². The van der Waals surface area contributed by atoms with Gasteiger partial charge in [-0.05, 0) is 31.7 Å². The number of pyridine rings is 1. The molecule has 2 aliphatic carbocycles. The van der Waals surface area contributed by atoms with Gasteiger partial charge in [0.2, 0.25) is 5.56 Å². The highest BCUT2D eigenvalue weighted by Crippen LogP contribution is 2.44. The fraction of sp³-hybridized carbons (Fsp3) is 0.467. The first-order valence-electron chi connectivity index (χ1n) is 7.39. The lowest BCUT2D eigenvalue weighted by molar-refractivity contribution is -0.0304. The van der Waals surface area contributed by atoms with E-state index in [4.69, 9.17) is 15.8 Å². The Morgan fingerprint density at radius 3 is 2.81 bits per heavy atom. The second-order valence-electron chi connectivity index (χ2n) is 5.99. The Kier molecular flexibility index (Phi) is 2.94. The maximum Gasteiger partial charge on any atom is 0.248 e. The van der Waals surface area contributed by atoms with E-state index in [-0.39, 0.29) is 11.7 Å². The molecule has 21 heavy (non-hydrogen) atoms. The molecule has 0 amide bonds. The predicted octanol–water partition coefficient (Wildman–Crippen LogP) is 1.71. The summed E-state index contributed by atoms with van der Waals surface area (Å²) in [6.45, 7) is 0. The first-order chi connectivity index (χ1) is 10.2. The van der Waals surface area contributed by atoms with E-state index in [0.717, 1.165) is 29.8 Å². The van der Waals surface area contributed by atoms with Crippen LogP contribution in [0.2, 0.25) is 0 Å². The van der Waals surface area contributed by atoms with Crippen LogP contribution in [0.25, 0.3) is 11.3 Å². The van der Waals surface area contributed by atoms with Gasteiger partial charge in [-0.2, -0.15) is 5.10 Å². The number of hydrogen-bond donors (Lipinski definition) is 2. The third-order valence-electron chi connectivity index (χ3n) is 4.42. The Labute approximate surface area is 121 Å². The quantitative estimate of drug-likeness (QED) is 0.838. The van der Waals surface area contributed by atoms with E-state index >= 15 is 0 Å². The highest BCUT2D eigenvalue weighted by molar-refractivity contribution is 5.62. The van der Waals surface area contributed by atoms with Crippen molar-refractivity contribution in [2.45, 2.75) is 43.7 Å². The van der Waals surface area contributed by atoms with Crippen molar-refractivity contribution >= 4 is 0 Å². The molecule has 0 radical (unpaired) electrons. The predicted molar refractivity (Wildman–Crippen MR) is 77.6 cm³/mol. The maximum absolute atomic E-state index is 11.5. The molecule has 2 fully saturated rings. The Hall–Kier alpha value is -1.92. The van der Waals surface area contributed by atoms with Crippen LogP contribution in [0.15, 0.2) is 29.2 Å². The zero-order chi connectivity index (χ0) is 14.4. The normalized spacial score (nSPS) is 24.8. The molecule has 2 aliphatic rings. The van der Waals surface area contributed by atoms with Crippen LogP contribution in [0.5, 0.6) is 0 Å². The third kappa shape index (κ3) is 2.30. The van der Waals surface area contributed by atoms with E-state index in [0.29, 0.717) is 12.0 Å². The zero-order valence-corrected chi connectivity index (χ0v) is 11.7. The standard InChI is InChI=1S/C15H18N4O2/c16-21-11-6-10(7-11)19-8-12(15(18-19)9-4-5-9)13-2-1-3-14(20)17-13/h1-3,8-11H,4-7,16H2,(H,17,20). The van der Waals surface area contributed by atoms with Crippen LogP contribution in [0, 0.1) is 0 Å². The molecular formula is C15H18N4O2. The lowest BCUT2D eigenvalue weighted by Crippen LogP contribution is -2.35. The zero-order valence-electron chi connectivity index (χ0n) is 11.7. The molecule has 0 aromatic carbocycles. The van der Waals surface area contributed by atoms with Crippen molar-refractivity contribution in [2.24, 2.45) is 5.90 Å². The number of aromatic nitrogens is 3. The number of nitrogens with zero attached hydrogens (tertiary/aromatic N) is 2. The SMILES string of the molecule is NOC1CC(n2cc(-c3cccc(=O)[nH]3)c(C3CC3)n2)C1. The molecule has 0 spiro atoms. The summed E-state index contributed by atoms with van der Waals surface area (Å²) < 4.78 is 2.02. The van der Waals surface area contributed by atoms with Crippen LogP contribution < -0.4 is 11.5 Å². The highest BCUT2D eigenvalue weighted by Gasteiger charge is 2.35. The molecular weight excluding hydrogens is 268 g/mol. The van der Waals surface area contributed by atoms with Crippen LogP contribution in [-0.2, 0) is 4.84 Å². The summed E-state index contributed by atoms with van der Waals surface area (Å²) in [7, 11) is 0. The third-order valence-corrected chi connectivity index (χ3v) is 4.42. The Morgan fingerprint density at radius 2 is 2.14 bits per heavy atom. The number of nitrogens with one attached hydrogen (secondary N) is 1. The average Bonchev–Trinajstić information content (AvgIpc) is 3.18. The molecule has 0 aliphatic heterocycles. The lowest BCUT2D eigenvalue weighted by atomic mass is 9.89. The lowest BCUT2D eigenvalue weighted by Gasteiger charge is -2.33. The minimum absolute atomic E-state index is 0.0813. The molecule has 0 atom stereocenters. The summed E-state index contributed by atoms with van der Waals surface area (Å²) >= 11 is 0. The van der Waals surface area contributed by atoms with Crippen LogP contribution in [0.1, 0.15) is 43.3 Å². The van der Waals surface area contributed by atoms with Gasteiger partial charge in [0.15, 0.2) is 0 Å². The van der Waals surface area contributed by atoms with Gasteiger partial charge in [-0.25, -0.2) is 5.90 Å². The van der Waals surface area contributed by atoms with Gasteiger partial charge in [-0.3, -0.25) is 9.48 Å². The van der Waals surface area contributed by atoms with Crippen molar-refractivity contribution in [3.63, 3.8) is 0 Å². The van der Waals surface area contributed by atoms with Crippen LogP contribution in [-0.4, -0.2) is 20.9 Å². The van der Waals surface area contributed by atoms with Gasteiger partial charge in [0.25, 0.3) is 0 Å². The van der Waals surface area contributed by atoms with Gasteiger partial charge < -0.3 is 9.82 Å². The molecule has 2 aromatic heterocycles. The largest absolute Gasteiger partial charge is 0.322 e. The minimum atomic E-state index is -0.0813. The first-order valence-corrected chi connectivity index (χ1v) is 7.39. The molecule has 0 bridgehead atoms. The minimum Gasteiger partial charge on any atom is -0.322 e. The molecule has 2 heterocycles. The van der Waals surface area contributed by atoms with Crippen molar-refractivity contribution < 1.29 is 4.84 Å². The molecule has 4 rings (SSSR count). The summed E-state index contributed by atoms with van der Waals surface area (Å²) in [5.41, 5.74) is 2.92. The summed E-state index contributed by atoms with van der Waals surface area (Å²) in [5, 5.41) is 4.77. The van der Waals surface area contributed by atoms with E-state index in [9.17, 15) is 4.79 Å². The van der Waals surface area contributed by atoms with Gasteiger partial charge in [0.1, 0.15) is 0 Å². The van der Waals surface area contributed by atoms with E-state index < -0.39 is 0 Å². The molecule has 0 unspecified atom stereocenters. The number of aromatic amines is 1. The Bertz CT molecular complexity index is 710.